The molecule has 0 nitrogen and oxygen atoms in total. The van der Waals surface area contributed by atoms with Crippen molar-refractivity contribution >= 4 is 16.8 Å². The molecule has 3 aromatic rings. The minimum absolute atomic E-state index is 0.654. The van der Waals surface area contributed by atoms with E-state index in [4.69, 9.17) is 0 Å². The molecular formula is C27H26. The van der Waals surface area contributed by atoms with E-state index in [9.17, 15) is 0 Å². The van der Waals surface area contributed by atoms with Crippen molar-refractivity contribution in [2.75, 3.05) is 0 Å². The van der Waals surface area contributed by atoms with Gasteiger partial charge in [-0.1, -0.05) is 66.2 Å². The second kappa shape index (κ2) is 5.83. The molecule has 0 aliphatic heterocycles. The van der Waals surface area contributed by atoms with E-state index in [1.54, 1.807) is 5.57 Å². The predicted molar refractivity (Wildman–Crippen MR) is 115 cm³/mol. The number of fused-ring (bicyclic) bond motifs is 4. The van der Waals surface area contributed by atoms with Gasteiger partial charge in [-0.25, -0.2) is 0 Å². The Balaban J connectivity index is 1.37. The van der Waals surface area contributed by atoms with E-state index in [1.807, 2.05) is 0 Å². The second-order valence-corrected chi connectivity index (χ2v) is 9.24. The molecule has 2 bridgehead atoms. The highest BCUT2D eigenvalue weighted by Crippen LogP contribution is 2.57. The lowest BCUT2D eigenvalue weighted by molar-refractivity contribution is 0.291. The summed E-state index contributed by atoms with van der Waals surface area (Å²) in [6.07, 6.45) is 12.5. The summed E-state index contributed by atoms with van der Waals surface area (Å²) < 4.78 is 0. The fourth-order valence-corrected chi connectivity index (χ4v) is 6.20. The Morgan fingerprint density at radius 2 is 1.70 bits per heavy atom. The van der Waals surface area contributed by atoms with Gasteiger partial charge in [-0.05, 0) is 95.4 Å². The molecule has 2 fully saturated rings. The lowest BCUT2D eigenvalue weighted by Crippen LogP contribution is -2.14. The Bertz CT molecular complexity index is 1060. The third-order valence-corrected chi connectivity index (χ3v) is 7.51. The van der Waals surface area contributed by atoms with Crippen molar-refractivity contribution < 1.29 is 0 Å². The fourth-order valence-electron chi connectivity index (χ4n) is 6.20. The molecule has 3 aromatic carbocycles. The van der Waals surface area contributed by atoms with E-state index >= 15 is 0 Å². The molecule has 0 heterocycles. The monoisotopic (exact) mass is 350 g/mol. The summed E-state index contributed by atoms with van der Waals surface area (Å²) in [7, 11) is 0. The molecule has 3 aliphatic rings. The Hall–Kier alpha value is -2.34. The lowest BCUT2D eigenvalue weighted by atomic mass is 9.78. The minimum atomic E-state index is 0.654. The fraction of sp³-hybridized carbons (Fsp3) is 0.333. The first kappa shape index (κ1) is 15.7. The molecule has 0 spiro atoms. The van der Waals surface area contributed by atoms with Crippen LogP contribution in [0.3, 0.4) is 0 Å². The molecule has 0 saturated heterocycles. The van der Waals surface area contributed by atoms with Crippen LogP contribution in [-0.4, -0.2) is 0 Å². The summed E-state index contributed by atoms with van der Waals surface area (Å²) in [6, 6.07) is 22.5. The molecule has 27 heavy (non-hydrogen) atoms. The van der Waals surface area contributed by atoms with Crippen LogP contribution in [-0.2, 0) is 6.42 Å². The summed E-state index contributed by atoms with van der Waals surface area (Å²) in [5.41, 5.74) is 8.10. The average Bonchev–Trinajstić information content (AvgIpc) is 3.41. The van der Waals surface area contributed by atoms with Gasteiger partial charge in [0.2, 0.25) is 0 Å². The number of hydrogen-bond donors (Lipinski definition) is 0. The second-order valence-electron chi connectivity index (χ2n) is 9.24. The molecular weight excluding hydrogens is 324 g/mol. The molecule has 2 saturated carbocycles. The van der Waals surface area contributed by atoms with Gasteiger partial charge >= 0.3 is 0 Å². The molecule has 134 valence electrons. The number of allylic oxidation sites excluding steroid dienone is 1. The van der Waals surface area contributed by atoms with Crippen LogP contribution in [0, 0.1) is 11.3 Å². The normalized spacial score (nSPS) is 25.8. The average molecular weight is 351 g/mol. The minimum Gasteiger partial charge on any atom is -0.0646 e. The Morgan fingerprint density at radius 3 is 2.52 bits per heavy atom. The van der Waals surface area contributed by atoms with Gasteiger partial charge < -0.3 is 0 Å². The zero-order valence-corrected chi connectivity index (χ0v) is 15.9. The molecule has 0 unspecified atom stereocenters. The highest BCUT2D eigenvalue weighted by Gasteiger charge is 2.45. The van der Waals surface area contributed by atoms with Gasteiger partial charge in [0, 0.05) is 0 Å². The van der Waals surface area contributed by atoms with Crippen LogP contribution in [0.25, 0.3) is 28.0 Å². The zero-order valence-electron chi connectivity index (χ0n) is 15.9. The van der Waals surface area contributed by atoms with Crippen molar-refractivity contribution in [3.8, 4) is 11.1 Å². The Kier molecular flexibility index (Phi) is 3.39. The van der Waals surface area contributed by atoms with Crippen molar-refractivity contribution in [3.05, 3.63) is 77.4 Å². The summed E-state index contributed by atoms with van der Waals surface area (Å²) in [5.74, 6) is 1.04. The van der Waals surface area contributed by atoms with Crippen LogP contribution < -0.4 is 0 Å². The first-order chi connectivity index (χ1) is 13.3. The molecule has 3 aliphatic carbocycles. The smallest absolute Gasteiger partial charge is 0.00574 e. The molecule has 0 atom stereocenters. The zero-order chi connectivity index (χ0) is 17.8. The maximum atomic E-state index is 2.54. The first-order valence-corrected chi connectivity index (χ1v) is 10.6. The molecule has 0 aromatic heterocycles. The quantitative estimate of drug-likeness (QED) is 0.461. The highest BCUT2D eigenvalue weighted by atomic mass is 14.5. The van der Waals surface area contributed by atoms with Gasteiger partial charge in [0.05, 0.1) is 0 Å². The SMILES string of the molecule is C1=C(CC23CCC(CC2)C3)Cc2cccc(-c3ccc4ccccc4c3)c21. The number of hydrogen-bond acceptors (Lipinski definition) is 0. The van der Waals surface area contributed by atoms with Crippen molar-refractivity contribution in [2.24, 2.45) is 11.3 Å². The van der Waals surface area contributed by atoms with Crippen molar-refractivity contribution in [3.63, 3.8) is 0 Å². The summed E-state index contributed by atoms with van der Waals surface area (Å²) in [5, 5.41) is 2.65. The van der Waals surface area contributed by atoms with Crippen molar-refractivity contribution in [1.82, 2.24) is 0 Å². The topological polar surface area (TPSA) is 0 Å². The van der Waals surface area contributed by atoms with Crippen LogP contribution in [0.4, 0.5) is 0 Å². The first-order valence-electron chi connectivity index (χ1n) is 10.6. The van der Waals surface area contributed by atoms with Crippen molar-refractivity contribution in [1.29, 1.82) is 0 Å². The standard InChI is InChI=1S/C27H26/c1-2-5-22-16-24(9-8-21(22)4-1)25-7-3-6-23-14-20(15-26(23)25)18-27-12-10-19(17-27)11-13-27/h1-9,15-16,19H,10-14,17-18H2. The molecule has 0 radical (unpaired) electrons. The van der Waals surface area contributed by atoms with Gasteiger partial charge in [0.15, 0.2) is 0 Å². The van der Waals surface area contributed by atoms with Crippen LogP contribution in [0.1, 0.15) is 49.7 Å². The summed E-state index contributed by atoms with van der Waals surface area (Å²) >= 11 is 0. The largest absolute Gasteiger partial charge is 0.0646 e. The van der Waals surface area contributed by atoms with E-state index in [0.29, 0.717) is 5.41 Å². The molecule has 6 rings (SSSR count). The predicted octanol–water partition coefficient (Wildman–Crippen LogP) is 7.42. The third-order valence-electron chi connectivity index (χ3n) is 7.51. The van der Waals surface area contributed by atoms with Gasteiger partial charge in [-0.3, -0.25) is 0 Å². The van der Waals surface area contributed by atoms with Gasteiger partial charge in [0.1, 0.15) is 0 Å². The maximum Gasteiger partial charge on any atom is -0.00574 e. The van der Waals surface area contributed by atoms with Crippen molar-refractivity contribution in [2.45, 2.75) is 44.9 Å². The van der Waals surface area contributed by atoms with E-state index in [1.165, 1.54) is 78.0 Å². The van der Waals surface area contributed by atoms with Crippen LogP contribution >= 0.6 is 0 Å². The van der Waals surface area contributed by atoms with E-state index < -0.39 is 0 Å². The van der Waals surface area contributed by atoms with Gasteiger partial charge in [0.25, 0.3) is 0 Å². The van der Waals surface area contributed by atoms with Crippen LogP contribution in [0.5, 0.6) is 0 Å². The van der Waals surface area contributed by atoms with Gasteiger partial charge in [-0.15, -0.1) is 0 Å². The van der Waals surface area contributed by atoms with Crippen LogP contribution in [0.2, 0.25) is 0 Å². The number of benzene rings is 3. The molecule has 0 N–H and O–H groups in total. The summed E-state index contributed by atoms with van der Waals surface area (Å²) in [4.78, 5) is 0. The van der Waals surface area contributed by atoms with E-state index in [2.05, 4.69) is 66.7 Å². The van der Waals surface area contributed by atoms with Crippen LogP contribution in [0.15, 0.2) is 66.2 Å². The Morgan fingerprint density at radius 1 is 0.852 bits per heavy atom. The number of rotatable bonds is 3. The Labute approximate surface area is 161 Å². The molecule has 0 heteroatoms. The summed E-state index contributed by atoms with van der Waals surface area (Å²) in [6.45, 7) is 0. The third kappa shape index (κ3) is 2.57. The van der Waals surface area contributed by atoms with E-state index in [0.717, 1.165) is 5.92 Å². The molecule has 0 amide bonds. The maximum absolute atomic E-state index is 2.54. The van der Waals surface area contributed by atoms with E-state index in [-0.39, 0.29) is 0 Å². The lowest BCUT2D eigenvalue weighted by Gasteiger charge is -2.27. The van der Waals surface area contributed by atoms with Gasteiger partial charge in [-0.2, -0.15) is 0 Å². The highest BCUT2D eigenvalue weighted by molar-refractivity contribution is 5.90.